The van der Waals surface area contributed by atoms with Crippen LogP contribution in [0.4, 0.5) is 0 Å². The average molecular weight is 154 g/mol. The second-order valence-electron chi connectivity index (χ2n) is 2.24. The van der Waals surface area contributed by atoms with Gasteiger partial charge in [0.2, 0.25) is 0 Å². The van der Waals surface area contributed by atoms with Crippen LogP contribution in [0.15, 0.2) is 0 Å². The summed E-state index contributed by atoms with van der Waals surface area (Å²) in [5, 5.41) is 12.3. The SMILES string of the molecule is B1NBNBN1.CCNCC. The van der Waals surface area contributed by atoms with Crippen LogP contribution in [0.1, 0.15) is 13.8 Å². The highest BCUT2D eigenvalue weighted by molar-refractivity contribution is 6.65. The molecule has 11 heavy (non-hydrogen) atoms. The lowest BCUT2D eigenvalue weighted by Crippen LogP contribution is -2.55. The molecule has 1 aliphatic heterocycles. The Hall–Kier alpha value is 0.0348. The van der Waals surface area contributed by atoms with Gasteiger partial charge < -0.3 is 20.7 Å². The Bertz CT molecular complexity index is 56.8. The summed E-state index contributed by atoms with van der Waals surface area (Å²) in [5.74, 6) is 0. The van der Waals surface area contributed by atoms with Crippen molar-refractivity contribution in [2.75, 3.05) is 13.1 Å². The van der Waals surface area contributed by atoms with Gasteiger partial charge in [0.25, 0.3) is 22.6 Å². The summed E-state index contributed by atoms with van der Waals surface area (Å²) in [6, 6.07) is 0. The molecule has 62 valence electrons. The molecule has 0 aromatic heterocycles. The van der Waals surface area contributed by atoms with Gasteiger partial charge in [-0.25, -0.2) is 0 Å². The predicted octanol–water partition coefficient (Wildman–Crippen LogP) is -2.82. The first-order chi connectivity index (χ1) is 5.41. The summed E-state index contributed by atoms with van der Waals surface area (Å²) in [6.07, 6.45) is 0. The highest BCUT2D eigenvalue weighted by Gasteiger charge is 1.97. The van der Waals surface area contributed by atoms with Crippen LogP contribution < -0.4 is 20.7 Å². The fourth-order valence-electron chi connectivity index (χ4n) is 0.703. The minimum absolute atomic E-state index is 0.938. The molecule has 0 amide bonds. The van der Waals surface area contributed by atoms with Crippen molar-refractivity contribution in [3.8, 4) is 0 Å². The molecule has 4 N–H and O–H groups in total. The van der Waals surface area contributed by atoms with Crippen molar-refractivity contribution in [2.24, 2.45) is 0 Å². The molecular weight excluding hydrogens is 137 g/mol. The summed E-state index contributed by atoms with van der Waals surface area (Å²) >= 11 is 0. The second kappa shape index (κ2) is 10.0. The molecule has 0 aromatic carbocycles. The van der Waals surface area contributed by atoms with E-state index in [1.54, 1.807) is 0 Å². The first-order valence-corrected chi connectivity index (χ1v) is 4.24. The number of hydrogen-bond acceptors (Lipinski definition) is 4. The van der Waals surface area contributed by atoms with Gasteiger partial charge in [-0.3, -0.25) is 0 Å². The van der Waals surface area contributed by atoms with E-state index in [1.807, 2.05) is 0 Å². The Labute approximate surface area is 71.1 Å². The molecular formula is C4H17B3N4. The molecule has 0 radical (unpaired) electrons. The van der Waals surface area contributed by atoms with Gasteiger partial charge in [0.1, 0.15) is 0 Å². The van der Waals surface area contributed by atoms with Gasteiger partial charge in [-0.05, 0) is 13.1 Å². The maximum atomic E-state index is 3.11. The lowest BCUT2D eigenvalue weighted by Gasteiger charge is -2.08. The largest absolute Gasteiger partial charge is 0.378 e. The van der Waals surface area contributed by atoms with Gasteiger partial charge in [0.05, 0.1) is 0 Å². The summed E-state index contributed by atoms with van der Waals surface area (Å²) < 4.78 is 0. The van der Waals surface area contributed by atoms with E-state index in [0.717, 1.165) is 35.7 Å². The van der Waals surface area contributed by atoms with E-state index in [0.29, 0.717) is 0 Å². The molecule has 0 unspecified atom stereocenters. The van der Waals surface area contributed by atoms with Crippen LogP contribution in [0.25, 0.3) is 0 Å². The summed E-state index contributed by atoms with van der Waals surface area (Å²) in [4.78, 5) is 0. The molecule has 1 fully saturated rings. The van der Waals surface area contributed by atoms with Crippen molar-refractivity contribution < 1.29 is 0 Å². The van der Waals surface area contributed by atoms with Crippen molar-refractivity contribution in [1.82, 2.24) is 20.7 Å². The van der Waals surface area contributed by atoms with E-state index in [2.05, 4.69) is 34.6 Å². The van der Waals surface area contributed by atoms with Crippen molar-refractivity contribution in [3.63, 3.8) is 0 Å². The van der Waals surface area contributed by atoms with Crippen molar-refractivity contribution in [2.45, 2.75) is 13.8 Å². The fourth-order valence-corrected chi connectivity index (χ4v) is 0.703. The minimum atomic E-state index is 0.938. The van der Waals surface area contributed by atoms with Crippen LogP contribution in [-0.4, -0.2) is 35.7 Å². The predicted molar refractivity (Wildman–Crippen MR) is 55.1 cm³/mol. The van der Waals surface area contributed by atoms with E-state index >= 15 is 0 Å². The molecule has 0 saturated carbocycles. The lowest BCUT2D eigenvalue weighted by molar-refractivity contribution is 0.762. The standard InChI is InChI=1S/C4H11N.B3H6N3/c1-3-5-4-2;1-4-2-6-3-5-1/h5H,3-4H2,1-2H3;1-6H. The molecule has 0 spiro atoms. The third-order valence-electron chi connectivity index (χ3n) is 1.25. The second-order valence-corrected chi connectivity index (χ2v) is 2.24. The molecule has 1 rings (SSSR count). The zero-order valence-electron chi connectivity index (χ0n) is 7.54. The quantitative estimate of drug-likeness (QED) is 0.324. The summed E-state index contributed by atoms with van der Waals surface area (Å²) in [5.41, 5.74) is 0. The third-order valence-corrected chi connectivity index (χ3v) is 1.25. The monoisotopic (exact) mass is 154 g/mol. The van der Waals surface area contributed by atoms with Crippen LogP contribution in [0.2, 0.25) is 0 Å². The minimum Gasteiger partial charge on any atom is -0.378 e. The molecule has 1 heterocycles. The topological polar surface area (TPSA) is 48.1 Å². The van der Waals surface area contributed by atoms with E-state index in [-0.39, 0.29) is 0 Å². The number of rotatable bonds is 2. The average Bonchev–Trinajstić information content (AvgIpc) is 2.10. The molecule has 0 aromatic rings. The van der Waals surface area contributed by atoms with Gasteiger partial charge in [0, 0.05) is 0 Å². The van der Waals surface area contributed by atoms with Crippen molar-refractivity contribution in [1.29, 1.82) is 0 Å². The van der Waals surface area contributed by atoms with Crippen LogP contribution >= 0.6 is 0 Å². The third kappa shape index (κ3) is 10.0. The van der Waals surface area contributed by atoms with Gasteiger partial charge >= 0.3 is 0 Å². The smallest absolute Gasteiger partial charge is 0.265 e. The molecule has 0 aliphatic carbocycles. The van der Waals surface area contributed by atoms with E-state index in [1.165, 1.54) is 0 Å². The first-order valence-electron chi connectivity index (χ1n) is 4.24. The zero-order valence-corrected chi connectivity index (χ0v) is 7.54. The van der Waals surface area contributed by atoms with Gasteiger partial charge in [-0.2, -0.15) is 0 Å². The molecule has 0 bridgehead atoms. The highest BCUT2D eigenvalue weighted by Crippen LogP contribution is 1.47. The van der Waals surface area contributed by atoms with E-state index < -0.39 is 0 Å². The molecule has 1 aliphatic rings. The zero-order chi connectivity index (χ0) is 8.36. The van der Waals surface area contributed by atoms with E-state index in [9.17, 15) is 0 Å². The highest BCUT2D eigenvalue weighted by atomic mass is 15.0. The Kier molecular flexibility index (Phi) is 10.1. The van der Waals surface area contributed by atoms with Crippen LogP contribution in [-0.2, 0) is 0 Å². The molecule has 0 atom stereocenters. The molecule has 4 nitrogen and oxygen atoms in total. The van der Waals surface area contributed by atoms with Gasteiger partial charge in [0.15, 0.2) is 0 Å². The maximum absolute atomic E-state index is 3.11. The fraction of sp³-hybridized carbons (Fsp3) is 1.00. The van der Waals surface area contributed by atoms with Crippen LogP contribution in [0, 0.1) is 0 Å². The number of hydrogen-bond donors (Lipinski definition) is 4. The first kappa shape index (κ1) is 11.0. The molecule has 7 heteroatoms. The van der Waals surface area contributed by atoms with Crippen LogP contribution in [0.3, 0.4) is 0 Å². The Morgan fingerprint density at radius 1 is 0.909 bits per heavy atom. The van der Waals surface area contributed by atoms with Gasteiger partial charge in [-0.1, -0.05) is 13.8 Å². The normalized spacial score (nSPS) is 14.7. The van der Waals surface area contributed by atoms with E-state index in [4.69, 9.17) is 0 Å². The maximum Gasteiger partial charge on any atom is 0.265 e. The number of nitrogens with one attached hydrogen (secondary N) is 4. The summed E-state index contributed by atoms with van der Waals surface area (Å²) in [7, 11) is 2.81. The Morgan fingerprint density at radius 3 is 1.36 bits per heavy atom. The molecule has 1 saturated heterocycles. The van der Waals surface area contributed by atoms with Gasteiger partial charge in [-0.15, -0.1) is 0 Å². The Balaban J connectivity index is 0.000000187. The lowest BCUT2D eigenvalue weighted by atomic mass is 9.85. The Morgan fingerprint density at radius 2 is 1.27 bits per heavy atom. The summed E-state index contributed by atoms with van der Waals surface area (Å²) in [6.45, 7) is 6.39. The van der Waals surface area contributed by atoms with Crippen molar-refractivity contribution >= 4 is 22.6 Å². The van der Waals surface area contributed by atoms with Crippen LogP contribution in [0.5, 0.6) is 0 Å². The van der Waals surface area contributed by atoms with Crippen molar-refractivity contribution in [3.05, 3.63) is 0 Å².